The molecule has 0 atom stereocenters. The molecule has 0 aliphatic rings. The van der Waals surface area contributed by atoms with Crippen LogP contribution in [0.1, 0.15) is 28.4 Å². The molecule has 4 aromatic carbocycles. The molecule has 0 spiro atoms. The van der Waals surface area contributed by atoms with E-state index in [-0.39, 0.29) is 11.3 Å². The van der Waals surface area contributed by atoms with Crippen molar-refractivity contribution in [2.75, 3.05) is 12.0 Å². The van der Waals surface area contributed by atoms with Gasteiger partial charge in [0, 0.05) is 29.5 Å². The number of methoxy groups -OCH3 is 1. The smallest absolute Gasteiger partial charge is 0.337 e. The summed E-state index contributed by atoms with van der Waals surface area (Å²) in [4.78, 5) is 25.5. The van der Waals surface area contributed by atoms with Gasteiger partial charge < -0.3 is 14.4 Å². The SMILES string of the molecule is COC(=O)c1ccc(C#Cc2ccc(N(c3ccccc3)c3ccccc3)cc2)c(OC(C)=O)c1. The van der Waals surface area contributed by atoms with Crippen LogP contribution in [0.2, 0.25) is 0 Å². The monoisotopic (exact) mass is 461 g/mol. The van der Waals surface area contributed by atoms with Crippen LogP contribution in [0.25, 0.3) is 0 Å². The van der Waals surface area contributed by atoms with Crippen molar-refractivity contribution in [2.24, 2.45) is 0 Å². The zero-order chi connectivity index (χ0) is 24.6. The molecule has 0 aliphatic carbocycles. The van der Waals surface area contributed by atoms with Crippen LogP contribution in [-0.2, 0) is 9.53 Å². The molecule has 0 saturated heterocycles. The number of nitrogens with zero attached hydrogens (tertiary/aromatic N) is 1. The lowest BCUT2D eigenvalue weighted by molar-refractivity contribution is -0.131. The molecule has 4 aromatic rings. The molecule has 5 nitrogen and oxygen atoms in total. The van der Waals surface area contributed by atoms with E-state index < -0.39 is 11.9 Å². The van der Waals surface area contributed by atoms with Crippen LogP contribution in [0.3, 0.4) is 0 Å². The lowest BCUT2D eigenvalue weighted by atomic mass is 10.1. The number of anilines is 3. The predicted molar refractivity (Wildman–Crippen MR) is 136 cm³/mol. The third kappa shape index (κ3) is 5.76. The Morgan fingerprint density at radius 1 is 0.714 bits per heavy atom. The molecule has 0 bridgehead atoms. The maximum atomic E-state index is 11.8. The molecule has 0 fully saturated rings. The Balaban J connectivity index is 1.65. The van der Waals surface area contributed by atoms with Gasteiger partial charge in [0.25, 0.3) is 0 Å². The van der Waals surface area contributed by atoms with E-state index in [0.29, 0.717) is 5.56 Å². The van der Waals surface area contributed by atoms with Gasteiger partial charge in [0.05, 0.1) is 18.2 Å². The number of para-hydroxylation sites is 2. The second kappa shape index (κ2) is 10.9. The largest absolute Gasteiger partial charge is 0.465 e. The van der Waals surface area contributed by atoms with Crippen molar-refractivity contribution < 1.29 is 19.1 Å². The van der Waals surface area contributed by atoms with Gasteiger partial charge in [-0.2, -0.15) is 0 Å². The molecule has 0 aliphatic heterocycles. The molecular weight excluding hydrogens is 438 g/mol. The fraction of sp³-hybridized carbons (Fsp3) is 0.0667. The second-order valence-corrected chi connectivity index (χ2v) is 7.60. The third-order valence-electron chi connectivity index (χ3n) is 5.15. The Hall–Kier alpha value is -4.82. The highest BCUT2D eigenvalue weighted by Gasteiger charge is 2.13. The number of esters is 2. The average Bonchev–Trinajstić information content (AvgIpc) is 2.89. The fourth-order valence-electron chi connectivity index (χ4n) is 3.54. The molecule has 172 valence electrons. The summed E-state index contributed by atoms with van der Waals surface area (Å²) in [5.74, 6) is 5.34. The molecular formula is C30H23NO4. The first kappa shape index (κ1) is 23.3. The summed E-state index contributed by atoms with van der Waals surface area (Å²) in [7, 11) is 1.29. The first-order valence-corrected chi connectivity index (χ1v) is 11.0. The Labute approximate surface area is 204 Å². The zero-order valence-electron chi connectivity index (χ0n) is 19.4. The number of carbonyl (C=O) groups excluding carboxylic acids is 2. The molecule has 0 unspecified atom stereocenters. The van der Waals surface area contributed by atoms with Crippen LogP contribution in [0.5, 0.6) is 5.75 Å². The fourth-order valence-corrected chi connectivity index (χ4v) is 3.54. The Morgan fingerprint density at radius 3 is 1.83 bits per heavy atom. The van der Waals surface area contributed by atoms with Crippen molar-refractivity contribution in [1.82, 2.24) is 0 Å². The lowest BCUT2D eigenvalue weighted by Crippen LogP contribution is -2.09. The Morgan fingerprint density at radius 2 is 1.29 bits per heavy atom. The predicted octanol–water partition coefficient (Wildman–Crippen LogP) is 6.27. The molecule has 0 aromatic heterocycles. The minimum atomic E-state index is -0.519. The average molecular weight is 462 g/mol. The summed E-state index contributed by atoms with van der Waals surface area (Å²) in [6, 6.07) is 32.9. The van der Waals surface area contributed by atoms with E-state index in [1.807, 2.05) is 60.7 Å². The van der Waals surface area contributed by atoms with Crippen LogP contribution in [-0.4, -0.2) is 19.0 Å². The standard InChI is InChI=1S/C30H23NO4/c1-22(32)35-29-21-25(30(33)34-2)18-17-24(29)16-13-23-14-19-28(20-15-23)31(26-9-5-3-6-10-26)27-11-7-4-8-12-27/h3-12,14-15,17-21H,1-2H3. The molecule has 0 amide bonds. The number of hydrogen-bond acceptors (Lipinski definition) is 5. The van der Waals surface area contributed by atoms with Gasteiger partial charge in [0.1, 0.15) is 5.75 Å². The summed E-state index contributed by atoms with van der Waals surface area (Å²) >= 11 is 0. The quantitative estimate of drug-likeness (QED) is 0.199. The molecule has 0 heterocycles. The first-order valence-electron chi connectivity index (χ1n) is 11.0. The van der Waals surface area contributed by atoms with Gasteiger partial charge in [-0.15, -0.1) is 0 Å². The van der Waals surface area contributed by atoms with E-state index in [2.05, 4.69) is 41.0 Å². The van der Waals surface area contributed by atoms with Gasteiger partial charge in [0.2, 0.25) is 0 Å². The third-order valence-corrected chi connectivity index (χ3v) is 5.15. The van der Waals surface area contributed by atoms with Gasteiger partial charge in [0.15, 0.2) is 0 Å². The molecule has 35 heavy (non-hydrogen) atoms. The van der Waals surface area contributed by atoms with Crippen molar-refractivity contribution in [3.05, 3.63) is 120 Å². The van der Waals surface area contributed by atoms with E-state index in [0.717, 1.165) is 22.6 Å². The minimum Gasteiger partial charge on any atom is -0.465 e. The number of rotatable bonds is 5. The Kier molecular flexibility index (Phi) is 7.25. The maximum Gasteiger partial charge on any atom is 0.337 e. The van der Waals surface area contributed by atoms with E-state index >= 15 is 0 Å². The zero-order valence-corrected chi connectivity index (χ0v) is 19.4. The van der Waals surface area contributed by atoms with Crippen LogP contribution in [0, 0.1) is 11.8 Å². The lowest BCUT2D eigenvalue weighted by Gasteiger charge is -2.25. The van der Waals surface area contributed by atoms with Crippen LogP contribution in [0.15, 0.2) is 103 Å². The van der Waals surface area contributed by atoms with Gasteiger partial charge in [-0.25, -0.2) is 4.79 Å². The summed E-state index contributed by atoms with van der Waals surface area (Å²) in [5, 5.41) is 0. The van der Waals surface area contributed by atoms with Crippen molar-refractivity contribution in [1.29, 1.82) is 0 Å². The van der Waals surface area contributed by atoms with Crippen molar-refractivity contribution in [2.45, 2.75) is 6.92 Å². The minimum absolute atomic E-state index is 0.212. The van der Waals surface area contributed by atoms with Gasteiger partial charge >= 0.3 is 11.9 Å². The molecule has 5 heteroatoms. The highest BCUT2D eigenvalue weighted by molar-refractivity contribution is 5.90. The summed E-state index contributed by atoms with van der Waals surface area (Å²) in [5.41, 5.74) is 4.66. The normalized spacial score (nSPS) is 10.0. The molecule has 4 rings (SSSR count). The second-order valence-electron chi connectivity index (χ2n) is 7.60. The number of benzene rings is 4. The van der Waals surface area contributed by atoms with Gasteiger partial charge in [-0.1, -0.05) is 48.2 Å². The highest BCUT2D eigenvalue weighted by Crippen LogP contribution is 2.34. The topological polar surface area (TPSA) is 55.8 Å². The van der Waals surface area contributed by atoms with Crippen molar-refractivity contribution >= 4 is 29.0 Å². The molecule has 0 N–H and O–H groups in total. The number of ether oxygens (including phenoxy) is 2. The van der Waals surface area contributed by atoms with Crippen molar-refractivity contribution in [3.8, 4) is 17.6 Å². The van der Waals surface area contributed by atoms with Gasteiger partial charge in [-0.3, -0.25) is 4.79 Å². The maximum absolute atomic E-state index is 11.8. The van der Waals surface area contributed by atoms with E-state index in [1.165, 1.54) is 20.1 Å². The van der Waals surface area contributed by atoms with Crippen LogP contribution >= 0.6 is 0 Å². The van der Waals surface area contributed by atoms with Crippen molar-refractivity contribution in [3.63, 3.8) is 0 Å². The molecule has 0 radical (unpaired) electrons. The van der Waals surface area contributed by atoms with Crippen LogP contribution in [0.4, 0.5) is 17.1 Å². The summed E-state index contributed by atoms with van der Waals surface area (Å²) in [6.07, 6.45) is 0. The molecule has 0 saturated carbocycles. The van der Waals surface area contributed by atoms with Gasteiger partial charge in [-0.05, 0) is 66.7 Å². The summed E-state index contributed by atoms with van der Waals surface area (Å²) < 4.78 is 10.0. The van der Waals surface area contributed by atoms with E-state index in [9.17, 15) is 9.59 Å². The van der Waals surface area contributed by atoms with Crippen LogP contribution < -0.4 is 9.64 Å². The number of hydrogen-bond donors (Lipinski definition) is 0. The highest BCUT2D eigenvalue weighted by atomic mass is 16.5. The van der Waals surface area contributed by atoms with E-state index in [4.69, 9.17) is 9.47 Å². The summed E-state index contributed by atoms with van der Waals surface area (Å²) in [6.45, 7) is 1.30. The van der Waals surface area contributed by atoms with E-state index in [1.54, 1.807) is 12.1 Å². The number of carbonyl (C=O) groups is 2. The Bertz CT molecular complexity index is 1350. The first-order chi connectivity index (χ1) is 17.0.